The molecule has 23 heavy (non-hydrogen) atoms. The Bertz CT molecular complexity index is 732. The van der Waals surface area contributed by atoms with Gasteiger partial charge in [0.05, 0.1) is 11.0 Å². The highest BCUT2D eigenvalue weighted by Crippen LogP contribution is 2.48. The molecule has 1 aromatic heterocycles. The van der Waals surface area contributed by atoms with Crippen molar-refractivity contribution in [3.63, 3.8) is 0 Å². The number of nitrogens with one attached hydrogen (secondary N) is 1. The number of hydrogen-bond acceptors (Lipinski definition) is 2. The van der Waals surface area contributed by atoms with Gasteiger partial charge in [0.25, 0.3) is 0 Å². The molecule has 1 aromatic carbocycles. The van der Waals surface area contributed by atoms with Crippen molar-refractivity contribution in [3.8, 4) is 0 Å². The zero-order valence-corrected chi connectivity index (χ0v) is 14.1. The normalized spacial score (nSPS) is 21.8. The molecule has 2 fully saturated rings. The van der Waals surface area contributed by atoms with Crippen LogP contribution in [0.25, 0.3) is 11.0 Å². The van der Waals surface area contributed by atoms with Gasteiger partial charge in [-0.1, -0.05) is 19.1 Å². The lowest BCUT2D eigenvalue weighted by atomic mass is 10.0. The van der Waals surface area contributed by atoms with E-state index in [4.69, 9.17) is 0 Å². The number of H-pyrrole nitrogens is 1. The van der Waals surface area contributed by atoms with Gasteiger partial charge in [-0.3, -0.25) is 4.57 Å². The molecule has 0 bridgehead atoms. The molecule has 4 nitrogen and oxygen atoms in total. The van der Waals surface area contributed by atoms with Gasteiger partial charge in [-0.15, -0.1) is 0 Å². The SMILES string of the molecule is CC1(CCCN2CCC(n3c(=O)[nH]c4ccccc43)CC2)CC1. The van der Waals surface area contributed by atoms with Crippen LogP contribution < -0.4 is 5.69 Å². The average molecular weight is 313 g/mol. The Morgan fingerprint density at radius 2 is 1.96 bits per heavy atom. The van der Waals surface area contributed by atoms with Crippen molar-refractivity contribution in [1.82, 2.24) is 14.5 Å². The molecule has 124 valence electrons. The Kier molecular flexibility index (Phi) is 3.80. The van der Waals surface area contributed by atoms with Crippen LogP contribution in [0.15, 0.2) is 29.1 Å². The van der Waals surface area contributed by atoms with Crippen LogP contribution in [0.3, 0.4) is 0 Å². The number of imidazole rings is 1. The summed E-state index contributed by atoms with van der Waals surface area (Å²) in [7, 11) is 0. The summed E-state index contributed by atoms with van der Waals surface area (Å²) in [5, 5.41) is 0. The minimum atomic E-state index is 0.0475. The van der Waals surface area contributed by atoms with E-state index >= 15 is 0 Å². The third-order valence-electron chi connectivity index (χ3n) is 5.90. The third kappa shape index (κ3) is 3.09. The van der Waals surface area contributed by atoms with Crippen LogP contribution in [-0.4, -0.2) is 34.1 Å². The van der Waals surface area contributed by atoms with E-state index in [1.165, 1.54) is 32.2 Å². The molecule has 2 aromatic rings. The number of likely N-dealkylation sites (tertiary alicyclic amines) is 1. The first-order chi connectivity index (χ1) is 11.1. The van der Waals surface area contributed by atoms with Gasteiger partial charge < -0.3 is 9.88 Å². The van der Waals surface area contributed by atoms with Gasteiger partial charge in [-0.25, -0.2) is 4.79 Å². The van der Waals surface area contributed by atoms with Crippen molar-refractivity contribution in [2.45, 2.75) is 51.5 Å². The Hall–Kier alpha value is -1.55. The molecule has 1 N–H and O–H groups in total. The predicted molar refractivity (Wildman–Crippen MR) is 93.8 cm³/mol. The summed E-state index contributed by atoms with van der Waals surface area (Å²) >= 11 is 0. The lowest BCUT2D eigenvalue weighted by Crippen LogP contribution is -2.37. The zero-order chi connectivity index (χ0) is 15.9. The Labute approximate surface area is 137 Å². The van der Waals surface area contributed by atoms with Crippen LogP contribution in [0.5, 0.6) is 0 Å². The first-order valence-corrected chi connectivity index (χ1v) is 9.06. The molecule has 1 aliphatic heterocycles. The monoisotopic (exact) mass is 313 g/mol. The molecule has 4 rings (SSSR count). The number of aromatic nitrogens is 2. The Balaban J connectivity index is 1.37. The number of fused-ring (bicyclic) bond motifs is 1. The quantitative estimate of drug-likeness (QED) is 0.917. The maximum atomic E-state index is 12.3. The van der Waals surface area contributed by atoms with Gasteiger partial charge in [0.2, 0.25) is 0 Å². The first kappa shape index (κ1) is 15.0. The summed E-state index contributed by atoms with van der Waals surface area (Å²) < 4.78 is 1.98. The van der Waals surface area contributed by atoms with Crippen LogP contribution in [0, 0.1) is 5.41 Å². The maximum Gasteiger partial charge on any atom is 0.326 e. The number of hydrogen-bond donors (Lipinski definition) is 1. The highest BCUT2D eigenvalue weighted by atomic mass is 16.1. The molecular formula is C19H27N3O. The van der Waals surface area contributed by atoms with Gasteiger partial charge in [0.15, 0.2) is 0 Å². The van der Waals surface area contributed by atoms with Gasteiger partial charge in [-0.2, -0.15) is 0 Å². The summed E-state index contributed by atoms with van der Waals surface area (Å²) in [6, 6.07) is 8.37. The molecule has 2 heterocycles. The summed E-state index contributed by atoms with van der Waals surface area (Å²) in [6.45, 7) is 5.88. The molecule has 1 aliphatic carbocycles. The minimum absolute atomic E-state index is 0.0475. The van der Waals surface area contributed by atoms with Crippen LogP contribution in [0.1, 0.15) is 51.5 Å². The molecule has 2 aliphatic rings. The number of para-hydroxylation sites is 2. The van der Waals surface area contributed by atoms with E-state index in [9.17, 15) is 4.79 Å². The zero-order valence-electron chi connectivity index (χ0n) is 14.1. The number of nitrogens with zero attached hydrogens (tertiary/aromatic N) is 2. The first-order valence-electron chi connectivity index (χ1n) is 9.06. The molecule has 0 amide bonds. The third-order valence-corrected chi connectivity index (χ3v) is 5.90. The number of rotatable bonds is 5. The van der Waals surface area contributed by atoms with E-state index in [0.717, 1.165) is 37.0 Å². The van der Waals surface area contributed by atoms with Crippen LogP contribution in [-0.2, 0) is 0 Å². The van der Waals surface area contributed by atoms with Crippen molar-refractivity contribution in [3.05, 3.63) is 34.7 Å². The predicted octanol–water partition coefficient (Wildman–Crippen LogP) is 3.55. The molecule has 0 spiro atoms. The topological polar surface area (TPSA) is 41.0 Å². The standard InChI is InChI=1S/C19H27N3O/c1-19(10-11-19)9-4-12-21-13-7-15(8-14-21)22-17-6-3-2-5-16(17)20-18(22)23/h2-3,5-6,15H,4,7-14H2,1H3,(H,20,23). The van der Waals surface area contributed by atoms with E-state index in [2.05, 4.69) is 22.9 Å². The van der Waals surface area contributed by atoms with Crippen molar-refractivity contribution >= 4 is 11.0 Å². The van der Waals surface area contributed by atoms with Crippen molar-refractivity contribution < 1.29 is 0 Å². The van der Waals surface area contributed by atoms with Crippen molar-refractivity contribution in [2.75, 3.05) is 19.6 Å². The van der Waals surface area contributed by atoms with E-state index in [1.54, 1.807) is 0 Å². The van der Waals surface area contributed by atoms with Gasteiger partial charge in [0.1, 0.15) is 0 Å². The van der Waals surface area contributed by atoms with E-state index in [1.807, 2.05) is 22.8 Å². The molecule has 0 radical (unpaired) electrons. The molecule has 0 unspecified atom stereocenters. The lowest BCUT2D eigenvalue weighted by Gasteiger charge is -2.32. The number of piperidine rings is 1. The second-order valence-corrected chi connectivity index (χ2v) is 7.80. The summed E-state index contributed by atoms with van der Waals surface area (Å²) in [4.78, 5) is 17.9. The highest BCUT2D eigenvalue weighted by molar-refractivity contribution is 5.75. The second kappa shape index (κ2) is 5.82. The van der Waals surface area contributed by atoms with E-state index in [0.29, 0.717) is 11.5 Å². The largest absolute Gasteiger partial charge is 0.326 e. The smallest absolute Gasteiger partial charge is 0.306 e. The van der Waals surface area contributed by atoms with Gasteiger partial charge in [0, 0.05) is 19.1 Å². The fourth-order valence-electron chi connectivity index (χ4n) is 4.03. The number of benzene rings is 1. The van der Waals surface area contributed by atoms with Gasteiger partial charge >= 0.3 is 5.69 Å². The fourth-order valence-corrected chi connectivity index (χ4v) is 4.03. The molecule has 1 saturated heterocycles. The van der Waals surface area contributed by atoms with Crippen molar-refractivity contribution in [1.29, 1.82) is 0 Å². The summed E-state index contributed by atoms with van der Waals surface area (Å²) in [5.41, 5.74) is 2.73. The number of aromatic amines is 1. The van der Waals surface area contributed by atoms with Crippen molar-refractivity contribution in [2.24, 2.45) is 5.41 Å². The minimum Gasteiger partial charge on any atom is -0.306 e. The van der Waals surface area contributed by atoms with E-state index in [-0.39, 0.29) is 5.69 Å². The van der Waals surface area contributed by atoms with Gasteiger partial charge in [-0.05, 0) is 62.6 Å². The molecule has 4 heteroatoms. The van der Waals surface area contributed by atoms with Crippen LogP contribution >= 0.6 is 0 Å². The molecular weight excluding hydrogens is 286 g/mol. The summed E-state index contributed by atoms with van der Waals surface area (Å²) in [6.07, 6.45) is 7.73. The second-order valence-electron chi connectivity index (χ2n) is 7.80. The average Bonchev–Trinajstić information content (AvgIpc) is 3.18. The van der Waals surface area contributed by atoms with Crippen LogP contribution in [0.2, 0.25) is 0 Å². The Morgan fingerprint density at radius 1 is 1.22 bits per heavy atom. The Morgan fingerprint density at radius 3 is 2.70 bits per heavy atom. The van der Waals surface area contributed by atoms with E-state index < -0.39 is 0 Å². The lowest BCUT2D eigenvalue weighted by molar-refractivity contribution is 0.181. The van der Waals surface area contributed by atoms with Crippen LogP contribution in [0.4, 0.5) is 0 Å². The molecule has 0 atom stereocenters. The fraction of sp³-hybridized carbons (Fsp3) is 0.632. The summed E-state index contributed by atoms with van der Waals surface area (Å²) in [5.74, 6) is 0. The molecule has 1 saturated carbocycles. The maximum absolute atomic E-state index is 12.3. The highest BCUT2D eigenvalue weighted by Gasteiger charge is 2.36.